The van der Waals surface area contributed by atoms with E-state index in [0.717, 1.165) is 21.3 Å². The molecule has 0 heterocycles. The standard InChI is InChI=1S/C16H17BrN2O2/c1-20-15-8-5-13(9-16(15)21-2)11-19-18-10-12-3-6-14(17)7-4-12/h3-10,19H,11H2,1-2H3/b18-10+. The van der Waals surface area contributed by atoms with E-state index in [-0.39, 0.29) is 0 Å². The van der Waals surface area contributed by atoms with Gasteiger partial charge in [-0.15, -0.1) is 0 Å². The van der Waals surface area contributed by atoms with Gasteiger partial charge in [0.2, 0.25) is 0 Å². The molecule has 2 aromatic rings. The quantitative estimate of drug-likeness (QED) is 0.640. The van der Waals surface area contributed by atoms with Gasteiger partial charge in [0.05, 0.1) is 27.0 Å². The molecule has 0 aliphatic heterocycles. The fourth-order valence-corrected chi connectivity index (χ4v) is 2.06. The monoisotopic (exact) mass is 348 g/mol. The van der Waals surface area contributed by atoms with Crippen molar-refractivity contribution in [1.82, 2.24) is 5.43 Å². The predicted octanol–water partition coefficient (Wildman–Crippen LogP) is 3.59. The van der Waals surface area contributed by atoms with Crippen LogP contribution in [0.2, 0.25) is 0 Å². The van der Waals surface area contributed by atoms with Crippen molar-refractivity contribution in [3.05, 3.63) is 58.1 Å². The zero-order valence-electron chi connectivity index (χ0n) is 12.0. The van der Waals surface area contributed by atoms with Crippen LogP contribution in [0, 0.1) is 0 Å². The summed E-state index contributed by atoms with van der Waals surface area (Å²) in [5.41, 5.74) is 5.12. The van der Waals surface area contributed by atoms with E-state index in [1.807, 2.05) is 42.5 Å². The van der Waals surface area contributed by atoms with E-state index in [1.165, 1.54) is 0 Å². The summed E-state index contributed by atoms with van der Waals surface area (Å²) in [4.78, 5) is 0. The molecule has 0 spiro atoms. The smallest absolute Gasteiger partial charge is 0.161 e. The van der Waals surface area contributed by atoms with Crippen LogP contribution in [0.4, 0.5) is 0 Å². The van der Waals surface area contributed by atoms with Crippen LogP contribution in [0.1, 0.15) is 11.1 Å². The van der Waals surface area contributed by atoms with Gasteiger partial charge in [0.25, 0.3) is 0 Å². The molecule has 0 aliphatic rings. The number of nitrogens with zero attached hydrogens (tertiary/aromatic N) is 1. The lowest BCUT2D eigenvalue weighted by Crippen LogP contribution is -2.06. The highest BCUT2D eigenvalue weighted by atomic mass is 79.9. The van der Waals surface area contributed by atoms with Crippen LogP contribution in [0.3, 0.4) is 0 Å². The number of benzene rings is 2. The molecule has 0 saturated heterocycles. The Labute approximate surface area is 132 Å². The number of ether oxygens (including phenoxy) is 2. The molecule has 110 valence electrons. The SMILES string of the molecule is COc1ccc(CN/N=C/c2ccc(Br)cc2)cc1OC. The summed E-state index contributed by atoms with van der Waals surface area (Å²) < 4.78 is 11.5. The van der Waals surface area contributed by atoms with Crippen LogP contribution in [-0.2, 0) is 6.54 Å². The molecule has 0 bridgehead atoms. The predicted molar refractivity (Wildman–Crippen MR) is 88.1 cm³/mol. The zero-order chi connectivity index (χ0) is 15.1. The maximum absolute atomic E-state index is 5.27. The maximum Gasteiger partial charge on any atom is 0.161 e. The van der Waals surface area contributed by atoms with Crippen LogP contribution >= 0.6 is 15.9 Å². The summed E-state index contributed by atoms with van der Waals surface area (Å²) in [6.07, 6.45) is 1.78. The van der Waals surface area contributed by atoms with Gasteiger partial charge in [-0.25, -0.2) is 0 Å². The third-order valence-corrected chi connectivity index (χ3v) is 3.43. The van der Waals surface area contributed by atoms with Crippen molar-refractivity contribution >= 4 is 22.1 Å². The molecule has 0 fully saturated rings. The van der Waals surface area contributed by atoms with Crippen LogP contribution < -0.4 is 14.9 Å². The van der Waals surface area contributed by atoms with Gasteiger partial charge in [-0.3, -0.25) is 0 Å². The van der Waals surface area contributed by atoms with Crippen molar-refractivity contribution in [2.45, 2.75) is 6.54 Å². The van der Waals surface area contributed by atoms with Crippen molar-refractivity contribution in [3.63, 3.8) is 0 Å². The van der Waals surface area contributed by atoms with Gasteiger partial charge in [0, 0.05) is 4.47 Å². The first-order valence-corrected chi connectivity index (χ1v) is 7.24. The van der Waals surface area contributed by atoms with Crippen LogP contribution in [0.25, 0.3) is 0 Å². The fourth-order valence-electron chi connectivity index (χ4n) is 1.80. The number of nitrogens with one attached hydrogen (secondary N) is 1. The second-order valence-corrected chi connectivity index (χ2v) is 5.25. The largest absolute Gasteiger partial charge is 0.493 e. The number of hydrogen-bond acceptors (Lipinski definition) is 4. The van der Waals surface area contributed by atoms with Crippen molar-refractivity contribution in [1.29, 1.82) is 0 Å². The molecule has 2 aromatic carbocycles. The minimum atomic E-state index is 0.618. The summed E-state index contributed by atoms with van der Waals surface area (Å²) in [7, 11) is 3.25. The minimum absolute atomic E-state index is 0.618. The molecule has 0 aliphatic carbocycles. The minimum Gasteiger partial charge on any atom is -0.493 e. The third-order valence-electron chi connectivity index (χ3n) is 2.91. The second-order valence-electron chi connectivity index (χ2n) is 4.33. The molecule has 0 aromatic heterocycles. The lowest BCUT2D eigenvalue weighted by atomic mass is 10.2. The molecule has 0 unspecified atom stereocenters. The van der Waals surface area contributed by atoms with E-state index < -0.39 is 0 Å². The topological polar surface area (TPSA) is 42.8 Å². The van der Waals surface area contributed by atoms with Crippen molar-refractivity contribution in [3.8, 4) is 11.5 Å². The fraction of sp³-hybridized carbons (Fsp3) is 0.188. The summed E-state index contributed by atoms with van der Waals surface area (Å²) in [6.45, 7) is 0.618. The Morgan fingerprint density at radius 2 is 1.76 bits per heavy atom. The number of hydrazone groups is 1. The highest BCUT2D eigenvalue weighted by molar-refractivity contribution is 9.10. The molecule has 5 heteroatoms. The number of hydrogen-bond donors (Lipinski definition) is 1. The van der Waals surface area contributed by atoms with Gasteiger partial charge in [-0.1, -0.05) is 34.1 Å². The number of rotatable bonds is 6. The first-order chi connectivity index (χ1) is 10.2. The van der Waals surface area contributed by atoms with Crippen LogP contribution in [0.15, 0.2) is 52.0 Å². The average molecular weight is 349 g/mol. The molecule has 1 N–H and O–H groups in total. The highest BCUT2D eigenvalue weighted by Gasteiger charge is 2.03. The molecular weight excluding hydrogens is 332 g/mol. The first kappa shape index (κ1) is 15.4. The Hall–Kier alpha value is -2.01. The summed E-state index contributed by atoms with van der Waals surface area (Å²) >= 11 is 3.40. The highest BCUT2D eigenvalue weighted by Crippen LogP contribution is 2.27. The number of methoxy groups -OCH3 is 2. The van der Waals surface area contributed by atoms with Gasteiger partial charge in [0.1, 0.15) is 0 Å². The normalized spacial score (nSPS) is 10.6. The summed E-state index contributed by atoms with van der Waals surface area (Å²) in [6, 6.07) is 13.7. The van der Waals surface area contributed by atoms with Crippen LogP contribution in [-0.4, -0.2) is 20.4 Å². The maximum atomic E-state index is 5.27. The lowest BCUT2D eigenvalue weighted by Gasteiger charge is -2.09. The Morgan fingerprint density at radius 3 is 2.43 bits per heavy atom. The molecule has 0 atom stereocenters. The zero-order valence-corrected chi connectivity index (χ0v) is 13.6. The van der Waals surface area contributed by atoms with E-state index in [0.29, 0.717) is 12.3 Å². The van der Waals surface area contributed by atoms with Gasteiger partial charge >= 0.3 is 0 Å². The first-order valence-electron chi connectivity index (χ1n) is 6.45. The Kier molecular flexibility index (Phi) is 5.63. The molecule has 0 saturated carbocycles. The second kappa shape index (κ2) is 7.69. The molecule has 0 radical (unpaired) electrons. The summed E-state index contributed by atoms with van der Waals surface area (Å²) in [5, 5.41) is 4.20. The van der Waals surface area contributed by atoms with Gasteiger partial charge in [-0.2, -0.15) is 5.10 Å². The van der Waals surface area contributed by atoms with E-state index in [4.69, 9.17) is 9.47 Å². The van der Waals surface area contributed by atoms with Crippen molar-refractivity contribution in [2.24, 2.45) is 5.10 Å². The van der Waals surface area contributed by atoms with Gasteiger partial charge < -0.3 is 14.9 Å². The van der Waals surface area contributed by atoms with E-state index in [9.17, 15) is 0 Å². The van der Waals surface area contributed by atoms with E-state index in [1.54, 1.807) is 20.4 Å². The lowest BCUT2D eigenvalue weighted by molar-refractivity contribution is 0.354. The third kappa shape index (κ3) is 4.49. The van der Waals surface area contributed by atoms with Crippen molar-refractivity contribution < 1.29 is 9.47 Å². The molecule has 0 amide bonds. The molecule has 4 nitrogen and oxygen atoms in total. The molecule has 21 heavy (non-hydrogen) atoms. The molecular formula is C16H17BrN2O2. The molecule has 2 rings (SSSR count). The van der Waals surface area contributed by atoms with Crippen LogP contribution in [0.5, 0.6) is 11.5 Å². The van der Waals surface area contributed by atoms with Crippen molar-refractivity contribution in [2.75, 3.05) is 14.2 Å². The summed E-state index contributed by atoms with van der Waals surface area (Å²) in [5.74, 6) is 1.44. The van der Waals surface area contributed by atoms with E-state index >= 15 is 0 Å². The Morgan fingerprint density at radius 1 is 1.05 bits per heavy atom. The van der Waals surface area contributed by atoms with Gasteiger partial charge in [-0.05, 0) is 35.4 Å². The Bertz CT molecular complexity index is 612. The van der Waals surface area contributed by atoms with E-state index in [2.05, 4.69) is 26.5 Å². The Balaban J connectivity index is 1.92. The number of halogens is 1. The average Bonchev–Trinajstić information content (AvgIpc) is 2.53. The van der Waals surface area contributed by atoms with Gasteiger partial charge in [0.15, 0.2) is 11.5 Å².